The highest BCUT2D eigenvalue weighted by molar-refractivity contribution is 5.95. The lowest BCUT2D eigenvalue weighted by Gasteiger charge is -2.30. The Labute approximate surface area is 225 Å². The first-order valence-corrected chi connectivity index (χ1v) is 13.1. The summed E-state index contributed by atoms with van der Waals surface area (Å²) in [5.74, 6) is -2.91. The summed E-state index contributed by atoms with van der Waals surface area (Å²) >= 11 is 0. The number of hydrogen-bond donors (Lipinski definition) is 6. The van der Waals surface area contributed by atoms with E-state index >= 15 is 0 Å². The third-order valence-electron chi connectivity index (χ3n) is 7.11. The van der Waals surface area contributed by atoms with Crippen molar-refractivity contribution >= 4 is 34.6 Å². The highest BCUT2D eigenvalue weighted by Crippen LogP contribution is 2.23. The zero-order valence-electron chi connectivity index (χ0n) is 22.0. The molecule has 1 aliphatic rings. The van der Waals surface area contributed by atoms with Crippen LogP contribution in [0.3, 0.4) is 0 Å². The molecule has 1 fully saturated rings. The molecule has 208 valence electrons. The minimum Gasteiger partial charge on any atom is -0.480 e. The maximum Gasteiger partial charge on any atom is 0.326 e. The van der Waals surface area contributed by atoms with E-state index in [0.29, 0.717) is 25.1 Å². The number of aromatic nitrogens is 3. The van der Waals surface area contributed by atoms with Gasteiger partial charge in [0.2, 0.25) is 17.7 Å². The van der Waals surface area contributed by atoms with Crippen LogP contribution < -0.4 is 16.4 Å². The summed E-state index contributed by atoms with van der Waals surface area (Å²) < 4.78 is 0. The minimum absolute atomic E-state index is 0.181. The Morgan fingerprint density at radius 3 is 2.62 bits per heavy atom. The molecule has 2 aromatic heterocycles. The summed E-state index contributed by atoms with van der Waals surface area (Å²) in [6.07, 6.45) is 6.24. The number of carbonyl (C=O) groups excluding carboxylic acids is 3. The molecule has 7 N–H and O–H groups in total. The smallest absolute Gasteiger partial charge is 0.326 e. The van der Waals surface area contributed by atoms with E-state index in [0.717, 1.165) is 16.5 Å². The Hall–Kier alpha value is -4.19. The topological polar surface area (TPSA) is 186 Å². The second-order valence-corrected chi connectivity index (χ2v) is 10.3. The minimum atomic E-state index is -1.13. The maximum atomic E-state index is 13.9. The van der Waals surface area contributed by atoms with Gasteiger partial charge < -0.3 is 36.3 Å². The van der Waals surface area contributed by atoms with Crippen molar-refractivity contribution in [3.8, 4) is 0 Å². The summed E-state index contributed by atoms with van der Waals surface area (Å²) in [6, 6.07) is 3.82. The number of rotatable bonds is 11. The molecule has 39 heavy (non-hydrogen) atoms. The van der Waals surface area contributed by atoms with Crippen molar-refractivity contribution in [1.82, 2.24) is 30.5 Å². The van der Waals surface area contributed by atoms with E-state index < -0.39 is 47.9 Å². The normalized spacial score (nSPS) is 17.6. The molecule has 1 aromatic carbocycles. The van der Waals surface area contributed by atoms with E-state index in [4.69, 9.17) is 5.73 Å². The van der Waals surface area contributed by atoms with Crippen LogP contribution in [-0.4, -0.2) is 79.4 Å². The first-order chi connectivity index (χ1) is 18.7. The van der Waals surface area contributed by atoms with Gasteiger partial charge in [-0.25, -0.2) is 9.78 Å². The third kappa shape index (κ3) is 6.45. The maximum absolute atomic E-state index is 13.9. The first-order valence-electron chi connectivity index (χ1n) is 13.1. The van der Waals surface area contributed by atoms with Gasteiger partial charge in [0.1, 0.15) is 18.1 Å². The number of imidazole rings is 1. The highest BCUT2D eigenvalue weighted by Gasteiger charge is 2.39. The van der Waals surface area contributed by atoms with Crippen LogP contribution in [0.25, 0.3) is 10.9 Å². The van der Waals surface area contributed by atoms with Gasteiger partial charge in [0.05, 0.1) is 12.4 Å². The number of carbonyl (C=O) groups is 4. The largest absolute Gasteiger partial charge is 0.480 e. The van der Waals surface area contributed by atoms with Crippen molar-refractivity contribution in [2.75, 3.05) is 6.54 Å². The third-order valence-corrected chi connectivity index (χ3v) is 7.11. The van der Waals surface area contributed by atoms with Gasteiger partial charge in [0.25, 0.3) is 0 Å². The fraction of sp³-hybridized carbons (Fsp3) is 0.444. The Kier molecular flexibility index (Phi) is 8.65. The molecule has 0 aliphatic carbocycles. The SMILES string of the molecule is CC(C)C(NC(=O)C1CCCN1C(=O)C(Cc1c[nH]c2ccccc12)NC(=O)C(N)Cc1cnc[nH]1)C(=O)O. The van der Waals surface area contributed by atoms with Gasteiger partial charge in [-0.2, -0.15) is 0 Å². The molecule has 3 heterocycles. The van der Waals surface area contributed by atoms with Crippen molar-refractivity contribution in [1.29, 1.82) is 0 Å². The number of benzene rings is 1. The number of fused-ring (bicyclic) bond motifs is 1. The zero-order chi connectivity index (χ0) is 28.1. The molecule has 3 aromatic rings. The van der Waals surface area contributed by atoms with Gasteiger partial charge in [-0.1, -0.05) is 32.0 Å². The van der Waals surface area contributed by atoms with Gasteiger partial charge in [0, 0.05) is 48.4 Å². The van der Waals surface area contributed by atoms with Crippen LogP contribution in [0.1, 0.15) is 37.9 Å². The molecule has 0 spiro atoms. The lowest BCUT2D eigenvalue weighted by atomic mass is 10.0. The fourth-order valence-electron chi connectivity index (χ4n) is 4.99. The molecular weight excluding hydrogens is 502 g/mol. The predicted molar refractivity (Wildman–Crippen MR) is 143 cm³/mol. The number of likely N-dealkylation sites (tertiary alicyclic amines) is 1. The number of carboxylic acids is 1. The quantitative estimate of drug-likeness (QED) is 0.208. The molecule has 1 saturated heterocycles. The molecule has 4 rings (SSSR count). The molecule has 4 atom stereocenters. The standard InChI is InChI=1S/C27H35N7O5/c1-15(2)23(27(38)39)33-25(36)22-8-5-9-34(22)26(37)21(10-16-12-30-20-7-4-3-6-18(16)20)32-24(35)19(28)11-17-13-29-14-31-17/h3-4,6-7,12-15,19,21-23,30H,5,8-11,28H2,1-2H3,(H,29,31)(H,32,35)(H,33,36)(H,38,39). The lowest BCUT2D eigenvalue weighted by Crippen LogP contribution is -2.58. The lowest BCUT2D eigenvalue weighted by molar-refractivity contribution is -0.145. The number of carboxylic acid groups (broad SMARTS) is 1. The van der Waals surface area contributed by atoms with Crippen molar-refractivity contribution in [3.05, 3.63) is 54.2 Å². The van der Waals surface area contributed by atoms with E-state index in [1.807, 2.05) is 24.3 Å². The number of para-hydroxylation sites is 1. The zero-order valence-corrected chi connectivity index (χ0v) is 22.0. The van der Waals surface area contributed by atoms with E-state index in [2.05, 4.69) is 25.6 Å². The number of aromatic amines is 2. The van der Waals surface area contributed by atoms with Crippen LogP contribution >= 0.6 is 0 Å². The van der Waals surface area contributed by atoms with Crippen LogP contribution in [0.2, 0.25) is 0 Å². The predicted octanol–water partition coefficient (Wildman–Crippen LogP) is 0.705. The summed E-state index contributed by atoms with van der Waals surface area (Å²) in [5, 5.41) is 15.8. The van der Waals surface area contributed by atoms with Crippen LogP contribution in [-0.2, 0) is 32.0 Å². The van der Waals surface area contributed by atoms with Gasteiger partial charge >= 0.3 is 5.97 Å². The fourth-order valence-corrected chi connectivity index (χ4v) is 4.99. The van der Waals surface area contributed by atoms with E-state index in [1.165, 1.54) is 11.2 Å². The molecular formula is C27H35N7O5. The highest BCUT2D eigenvalue weighted by atomic mass is 16.4. The molecule has 1 aliphatic heterocycles. The van der Waals surface area contributed by atoms with Gasteiger partial charge in [0.15, 0.2) is 0 Å². The molecule has 0 bridgehead atoms. The molecule has 0 saturated carbocycles. The monoisotopic (exact) mass is 537 g/mol. The number of amides is 3. The first kappa shape index (κ1) is 27.8. The van der Waals surface area contributed by atoms with Crippen LogP contribution in [0, 0.1) is 5.92 Å². The molecule has 0 radical (unpaired) electrons. The number of hydrogen-bond acceptors (Lipinski definition) is 6. The Morgan fingerprint density at radius 2 is 1.92 bits per heavy atom. The van der Waals surface area contributed by atoms with Crippen molar-refractivity contribution in [3.63, 3.8) is 0 Å². The van der Waals surface area contributed by atoms with Gasteiger partial charge in [-0.15, -0.1) is 0 Å². The second-order valence-electron chi connectivity index (χ2n) is 10.3. The average molecular weight is 538 g/mol. The number of nitrogens with two attached hydrogens (primary N) is 1. The summed E-state index contributed by atoms with van der Waals surface area (Å²) in [4.78, 5) is 63.2. The van der Waals surface area contributed by atoms with Crippen molar-refractivity contribution in [2.45, 2.75) is 63.7 Å². The Bertz CT molecular complexity index is 1320. The number of aliphatic carboxylic acids is 1. The van der Waals surface area contributed by atoms with Gasteiger partial charge in [-0.05, 0) is 30.4 Å². The second kappa shape index (κ2) is 12.1. The number of nitrogens with zero attached hydrogens (tertiary/aromatic N) is 2. The Morgan fingerprint density at radius 1 is 1.15 bits per heavy atom. The average Bonchev–Trinajstić information content (AvgIpc) is 3.67. The molecule has 4 unspecified atom stereocenters. The van der Waals surface area contributed by atoms with E-state index in [9.17, 15) is 24.3 Å². The molecule has 12 heteroatoms. The van der Waals surface area contributed by atoms with Crippen LogP contribution in [0.4, 0.5) is 0 Å². The van der Waals surface area contributed by atoms with Crippen LogP contribution in [0.5, 0.6) is 0 Å². The number of nitrogens with one attached hydrogen (secondary N) is 4. The molecule has 3 amide bonds. The van der Waals surface area contributed by atoms with E-state index in [-0.39, 0.29) is 18.8 Å². The Balaban J connectivity index is 1.55. The molecule has 12 nitrogen and oxygen atoms in total. The summed E-state index contributed by atoms with van der Waals surface area (Å²) in [6.45, 7) is 3.72. The van der Waals surface area contributed by atoms with Gasteiger partial charge in [-0.3, -0.25) is 14.4 Å². The van der Waals surface area contributed by atoms with Crippen molar-refractivity contribution < 1.29 is 24.3 Å². The van der Waals surface area contributed by atoms with Crippen molar-refractivity contribution in [2.24, 2.45) is 11.7 Å². The summed E-state index contributed by atoms with van der Waals surface area (Å²) in [7, 11) is 0. The van der Waals surface area contributed by atoms with E-state index in [1.54, 1.807) is 26.2 Å². The van der Waals surface area contributed by atoms with Crippen LogP contribution in [0.15, 0.2) is 43.0 Å². The number of H-pyrrole nitrogens is 2. The summed E-state index contributed by atoms with van der Waals surface area (Å²) in [5.41, 5.74) is 8.56.